The number of hydrogen-bond acceptors (Lipinski definition) is 2. The van der Waals surface area contributed by atoms with Crippen molar-refractivity contribution in [3.63, 3.8) is 0 Å². The Hall–Kier alpha value is -1.59. The molecule has 0 aliphatic rings. The highest BCUT2D eigenvalue weighted by atomic mass is 16.6. The Morgan fingerprint density at radius 3 is 1.85 bits per heavy atom. The first-order chi connectivity index (χ1) is 5.66. The lowest BCUT2D eigenvalue weighted by molar-refractivity contribution is 0.137. The van der Waals surface area contributed by atoms with Crippen molar-refractivity contribution in [1.82, 2.24) is 0 Å². The molecule has 0 spiro atoms. The topological polar surface area (TPSA) is 115 Å². The largest absolute Gasteiger partial charge is 0.503 e. The van der Waals surface area contributed by atoms with Gasteiger partial charge in [0.25, 0.3) is 0 Å². The van der Waals surface area contributed by atoms with Crippen molar-refractivity contribution in [2.45, 2.75) is 6.54 Å². The van der Waals surface area contributed by atoms with Crippen LogP contribution in [0.2, 0.25) is 0 Å². The standard InChI is InChI=1S/C7H9N.CH2O3.H2O/c8-6-7-4-2-1-3-5-7;2-1(3)4;/h1-5H,6,8H2;(H2,2,3,4);1H2. The van der Waals surface area contributed by atoms with Gasteiger partial charge in [-0.05, 0) is 5.56 Å². The summed E-state index contributed by atoms with van der Waals surface area (Å²) in [6, 6.07) is 9.99. The van der Waals surface area contributed by atoms with Crippen molar-refractivity contribution in [3.8, 4) is 0 Å². The molecule has 1 aromatic rings. The molecule has 0 radical (unpaired) electrons. The maximum atomic E-state index is 8.56. The number of carboxylic acid groups (broad SMARTS) is 2. The van der Waals surface area contributed by atoms with E-state index in [2.05, 4.69) is 0 Å². The van der Waals surface area contributed by atoms with Crippen molar-refractivity contribution in [3.05, 3.63) is 35.9 Å². The van der Waals surface area contributed by atoms with Gasteiger partial charge in [-0.2, -0.15) is 0 Å². The summed E-state index contributed by atoms with van der Waals surface area (Å²) in [7, 11) is 0. The normalized spacial score (nSPS) is 7.46. The van der Waals surface area contributed by atoms with Crippen LogP contribution in [-0.4, -0.2) is 21.8 Å². The summed E-state index contributed by atoms with van der Waals surface area (Å²) in [5.41, 5.74) is 6.54. The third-order valence-corrected chi connectivity index (χ3v) is 1.08. The minimum Gasteiger partial charge on any atom is -0.450 e. The number of rotatable bonds is 1. The molecule has 0 saturated carbocycles. The summed E-state index contributed by atoms with van der Waals surface area (Å²) < 4.78 is 0. The van der Waals surface area contributed by atoms with Crippen molar-refractivity contribution >= 4 is 6.16 Å². The minimum absolute atomic E-state index is 0. The van der Waals surface area contributed by atoms with Crippen LogP contribution in [0.25, 0.3) is 0 Å². The Bertz CT molecular complexity index is 221. The van der Waals surface area contributed by atoms with E-state index in [1.807, 2.05) is 30.3 Å². The van der Waals surface area contributed by atoms with Gasteiger partial charge in [-0.25, -0.2) is 4.79 Å². The van der Waals surface area contributed by atoms with Crippen molar-refractivity contribution < 1.29 is 20.5 Å². The first-order valence-electron chi connectivity index (χ1n) is 3.32. The molecule has 0 atom stereocenters. The van der Waals surface area contributed by atoms with E-state index in [4.69, 9.17) is 20.7 Å². The third-order valence-electron chi connectivity index (χ3n) is 1.08. The molecule has 0 aromatic heterocycles. The van der Waals surface area contributed by atoms with Gasteiger partial charge in [0.05, 0.1) is 0 Å². The van der Waals surface area contributed by atoms with Gasteiger partial charge in [0.15, 0.2) is 0 Å². The molecule has 1 aromatic carbocycles. The molecule has 0 heterocycles. The van der Waals surface area contributed by atoms with Crippen molar-refractivity contribution in [2.75, 3.05) is 0 Å². The molecular formula is C8H13NO4. The summed E-state index contributed by atoms with van der Waals surface area (Å²) in [5.74, 6) is 0. The summed E-state index contributed by atoms with van der Waals surface area (Å²) in [4.78, 5) is 8.56. The fourth-order valence-corrected chi connectivity index (χ4v) is 0.614. The molecule has 0 fully saturated rings. The number of nitrogens with two attached hydrogens (primary N) is 1. The molecule has 13 heavy (non-hydrogen) atoms. The van der Waals surface area contributed by atoms with Gasteiger partial charge in [0.1, 0.15) is 0 Å². The molecule has 5 nitrogen and oxygen atoms in total. The number of benzene rings is 1. The third kappa shape index (κ3) is 10.4. The minimum atomic E-state index is -1.83. The van der Waals surface area contributed by atoms with E-state index in [0.29, 0.717) is 6.54 Å². The van der Waals surface area contributed by atoms with E-state index in [1.165, 1.54) is 5.56 Å². The quantitative estimate of drug-likeness (QED) is 0.595. The Morgan fingerprint density at radius 1 is 1.23 bits per heavy atom. The molecule has 0 aliphatic carbocycles. The highest BCUT2D eigenvalue weighted by Gasteiger charge is 1.80. The van der Waals surface area contributed by atoms with Gasteiger partial charge >= 0.3 is 6.16 Å². The van der Waals surface area contributed by atoms with Gasteiger partial charge in [0.2, 0.25) is 0 Å². The van der Waals surface area contributed by atoms with Crippen LogP contribution in [0.1, 0.15) is 5.56 Å². The summed E-state index contributed by atoms with van der Waals surface area (Å²) in [6.07, 6.45) is -1.83. The second-order valence-electron chi connectivity index (χ2n) is 1.97. The lowest BCUT2D eigenvalue weighted by Crippen LogP contribution is -1.94. The van der Waals surface area contributed by atoms with Crippen LogP contribution >= 0.6 is 0 Å². The highest BCUT2D eigenvalue weighted by Crippen LogP contribution is 1.94. The number of hydrogen-bond donors (Lipinski definition) is 3. The molecule has 74 valence electrons. The molecule has 0 saturated heterocycles. The Balaban J connectivity index is 0. The van der Waals surface area contributed by atoms with Crippen molar-refractivity contribution in [1.29, 1.82) is 0 Å². The molecular weight excluding hydrogens is 174 g/mol. The molecule has 5 heteroatoms. The predicted molar refractivity (Wildman–Crippen MR) is 48.6 cm³/mol. The average Bonchev–Trinajstić information content (AvgIpc) is 2.05. The van der Waals surface area contributed by atoms with E-state index in [9.17, 15) is 0 Å². The fraction of sp³-hybridized carbons (Fsp3) is 0.125. The lowest BCUT2D eigenvalue weighted by atomic mass is 10.2. The van der Waals surface area contributed by atoms with Gasteiger partial charge in [-0.15, -0.1) is 0 Å². The smallest absolute Gasteiger partial charge is 0.450 e. The first-order valence-corrected chi connectivity index (χ1v) is 3.32. The summed E-state index contributed by atoms with van der Waals surface area (Å²) in [6.45, 7) is 0.640. The van der Waals surface area contributed by atoms with E-state index < -0.39 is 6.16 Å². The number of carbonyl (C=O) groups is 1. The molecule has 0 amide bonds. The molecule has 0 bridgehead atoms. The van der Waals surface area contributed by atoms with Gasteiger partial charge in [-0.1, -0.05) is 30.3 Å². The Labute approximate surface area is 75.7 Å². The van der Waals surface area contributed by atoms with Crippen molar-refractivity contribution in [2.24, 2.45) is 5.73 Å². The van der Waals surface area contributed by atoms with Crippen LogP contribution in [0.3, 0.4) is 0 Å². The van der Waals surface area contributed by atoms with Crippen LogP contribution in [0.4, 0.5) is 4.79 Å². The first kappa shape index (κ1) is 14.0. The van der Waals surface area contributed by atoms with Crippen LogP contribution in [0.15, 0.2) is 30.3 Å². The lowest BCUT2D eigenvalue weighted by Gasteiger charge is -1.90. The Kier molecular flexibility index (Phi) is 9.14. The zero-order valence-electron chi connectivity index (χ0n) is 6.97. The van der Waals surface area contributed by atoms with Gasteiger partial charge in [0, 0.05) is 6.54 Å². The fourth-order valence-electron chi connectivity index (χ4n) is 0.614. The van der Waals surface area contributed by atoms with Crippen LogP contribution in [0.5, 0.6) is 0 Å². The maximum Gasteiger partial charge on any atom is 0.503 e. The Morgan fingerprint density at radius 2 is 1.62 bits per heavy atom. The second kappa shape index (κ2) is 8.51. The maximum absolute atomic E-state index is 8.56. The van der Waals surface area contributed by atoms with Gasteiger partial charge < -0.3 is 21.4 Å². The van der Waals surface area contributed by atoms with E-state index >= 15 is 0 Å². The van der Waals surface area contributed by atoms with E-state index in [1.54, 1.807) is 0 Å². The van der Waals surface area contributed by atoms with E-state index in [0.717, 1.165) is 0 Å². The van der Waals surface area contributed by atoms with Gasteiger partial charge in [-0.3, -0.25) is 0 Å². The van der Waals surface area contributed by atoms with E-state index in [-0.39, 0.29) is 5.48 Å². The zero-order chi connectivity index (χ0) is 9.40. The predicted octanol–water partition coefficient (Wildman–Crippen LogP) is 0.543. The monoisotopic (exact) mass is 187 g/mol. The SMILES string of the molecule is NCc1ccccc1.O.O=C(O)O. The van der Waals surface area contributed by atoms with Crippen LogP contribution in [0, 0.1) is 0 Å². The molecule has 0 unspecified atom stereocenters. The average molecular weight is 187 g/mol. The molecule has 1 rings (SSSR count). The summed E-state index contributed by atoms with van der Waals surface area (Å²) >= 11 is 0. The van der Waals surface area contributed by atoms with Crippen LogP contribution in [-0.2, 0) is 6.54 Å². The zero-order valence-corrected chi connectivity index (χ0v) is 6.97. The highest BCUT2D eigenvalue weighted by molar-refractivity contribution is 5.53. The second-order valence-corrected chi connectivity index (χ2v) is 1.97. The molecule has 0 aliphatic heterocycles. The summed E-state index contributed by atoms with van der Waals surface area (Å²) in [5, 5.41) is 13.9. The molecule has 6 N–H and O–H groups in total. The van der Waals surface area contributed by atoms with Crippen LogP contribution < -0.4 is 5.73 Å².